The summed E-state index contributed by atoms with van der Waals surface area (Å²) in [6.45, 7) is 7.48. The molecule has 0 spiro atoms. The number of benzene rings is 3. The summed E-state index contributed by atoms with van der Waals surface area (Å²) in [7, 11) is 0. The number of carboxylic acid groups (broad SMARTS) is 1. The van der Waals surface area contributed by atoms with E-state index in [1.807, 2.05) is 18.2 Å². The van der Waals surface area contributed by atoms with Gasteiger partial charge in [-0.15, -0.1) is 0 Å². The largest absolute Gasteiger partial charge is 0.494 e. The van der Waals surface area contributed by atoms with Gasteiger partial charge in [0.15, 0.2) is 0 Å². The van der Waals surface area contributed by atoms with E-state index in [4.69, 9.17) is 4.74 Å². The number of hydrogen-bond donors (Lipinski definition) is 1. The Morgan fingerprint density at radius 3 is 2.03 bits per heavy atom. The zero-order chi connectivity index (χ0) is 25.8. The molecule has 36 heavy (non-hydrogen) atoms. The molecule has 0 saturated carbocycles. The van der Waals surface area contributed by atoms with Crippen LogP contribution in [0.25, 0.3) is 22.3 Å². The van der Waals surface area contributed by atoms with Gasteiger partial charge in [-0.1, -0.05) is 108 Å². The number of ether oxygens (including phenoxy) is 1. The van der Waals surface area contributed by atoms with Crippen LogP contribution in [0.4, 0.5) is 0 Å². The van der Waals surface area contributed by atoms with E-state index in [0.29, 0.717) is 11.5 Å². The maximum atomic E-state index is 11.7. The van der Waals surface area contributed by atoms with Crippen molar-refractivity contribution in [1.82, 2.24) is 0 Å². The third-order valence-corrected chi connectivity index (χ3v) is 6.99. The Labute approximate surface area is 217 Å². The van der Waals surface area contributed by atoms with Crippen LogP contribution in [0.3, 0.4) is 0 Å². The summed E-state index contributed by atoms with van der Waals surface area (Å²) >= 11 is 0. The van der Waals surface area contributed by atoms with Gasteiger partial charge in [0.1, 0.15) is 5.75 Å². The van der Waals surface area contributed by atoms with Gasteiger partial charge < -0.3 is 9.84 Å². The third kappa shape index (κ3) is 8.26. The van der Waals surface area contributed by atoms with Crippen LogP contribution in [0.15, 0.2) is 66.7 Å². The molecule has 3 nitrogen and oxygen atoms in total. The molecule has 1 N–H and O–H groups in total. The minimum Gasteiger partial charge on any atom is -0.494 e. The van der Waals surface area contributed by atoms with Crippen molar-refractivity contribution in [1.29, 1.82) is 0 Å². The lowest BCUT2D eigenvalue weighted by Gasteiger charge is -2.14. The Kier molecular flexibility index (Phi) is 11.1. The molecule has 0 heterocycles. The SMILES string of the molecule is CCCCCCCCCOc1ccc(-c2ccc(C(=O)O)cc2-c2ccc(CC(C)CC)cc2)cc1. The average molecular weight is 487 g/mol. The van der Waals surface area contributed by atoms with Crippen molar-refractivity contribution in [3.63, 3.8) is 0 Å². The normalized spacial score (nSPS) is 11.9. The summed E-state index contributed by atoms with van der Waals surface area (Å²) < 4.78 is 5.97. The standard InChI is InChI=1S/C33H42O3/c1-4-6-7-8-9-10-11-22-36-30-19-16-27(17-20-30)31-21-18-29(33(34)35)24-32(31)28-14-12-26(13-15-28)23-25(3)5-2/h12-21,24-25H,4-11,22-23H2,1-3H3,(H,34,35). The lowest BCUT2D eigenvalue weighted by Crippen LogP contribution is -1.99. The maximum Gasteiger partial charge on any atom is 0.335 e. The van der Waals surface area contributed by atoms with Crippen LogP contribution in [-0.2, 0) is 6.42 Å². The van der Waals surface area contributed by atoms with Gasteiger partial charge in [0, 0.05) is 0 Å². The topological polar surface area (TPSA) is 46.5 Å². The summed E-state index contributed by atoms with van der Waals surface area (Å²) in [6.07, 6.45) is 11.1. The van der Waals surface area contributed by atoms with Crippen LogP contribution in [0, 0.1) is 5.92 Å². The Balaban J connectivity index is 1.70. The van der Waals surface area contributed by atoms with Crippen LogP contribution >= 0.6 is 0 Å². The van der Waals surface area contributed by atoms with Crippen molar-refractivity contribution in [3.8, 4) is 28.0 Å². The van der Waals surface area contributed by atoms with Crippen molar-refractivity contribution >= 4 is 5.97 Å². The minimum absolute atomic E-state index is 0.298. The lowest BCUT2D eigenvalue weighted by atomic mass is 9.91. The predicted molar refractivity (Wildman–Crippen MR) is 151 cm³/mol. The van der Waals surface area contributed by atoms with Crippen molar-refractivity contribution in [3.05, 3.63) is 77.9 Å². The first-order valence-electron chi connectivity index (χ1n) is 13.7. The average Bonchev–Trinajstić information content (AvgIpc) is 2.90. The van der Waals surface area contributed by atoms with Gasteiger partial charge in [-0.25, -0.2) is 4.79 Å². The number of carboxylic acids is 1. The number of aromatic carboxylic acids is 1. The molecule has 3 heteroatoms. The second-order valence-electron chi connectivity index (χ2n) is 9.97. The van der Waals surface area contributed by atoms with Gasteiger partial charge in [-0.3, -0.25) is 0 Å². The Hall–Kier alpha value is -3.07. The molecule has 0 radical (unpaired) electrons. The molecule has 0 bridgehead atoms. The van der Waals surface area contributed by atoms with Gasteiger partial charge in [-0.2, -0.15) is 0 Å². The van der Waals surface area contributed by atoms with Crippen molar-refractivity contribution < 1.29 is 14.6 Å². The zero-order valence-electron chi connectivity index (χ0n) is 22.3. The summed E-state index contributed by atoms with van der Waals surface area (Å²) in [5, 5.41) is 9.58. The molecule has 192 valence electrons. The summed E-state index contributed by atoms with van der Waals surface area (Å²) in [4.78, 5) is 11.7. The Bertz CT molecular complexity index is 1070. The second kappa shape index (κ2) is 14.5. The summed E-state index contributed by atoms with van der Waals surface area (Å²) in [6, 6.07) is 22.1. The highest BCUT2D eigenvalue weighted by Gasteiger charge is 2.13. The molecule has 1 unspecified atom stereocenters. The van der Waals surface area contributed by atoms with E-state index in [9.17, 15) is 9.90 Å². The molecule has 0 aromatic heterocycles. The number of hydrogen-bond acceptors (Lipinski definition) is 2. The van der Waals surface area contributed by atoms with E-state index >= 15 is 0 Å². The molecule has 0 aliphatic carbocycles. The maximum absolute atomic E-state index is 11.7. The summed E-state index contributed by atoms with van der Waals surface area (Å²) in [5.74, 6) is 0.612. The van der Waals surface area contributed by atoms with E-state index in [1.165, 1.54) is 44.1 Å². The molecule has 0 saturated heterocycles. The fourth-order valence-electron chi connectivity index (χ4n) is 4.51. The fourth-order valence-corrected chi connectivity index (χ4v) is 4.51. The molecule has 0 aliphatic rings. The molecule has 3 aromatic carbocycles. The van der Waals surface area contributed by atoms with Crippen LogP contribution in [0.2, 0.25) is 0 Å². The highest BCUT2D eigenvalue weighted by Crippen LogP contribution is 2.34. The van der Waals surface area contributed by atoms with Crippen LogP contribution < -0.4 is 4.74 Å². The third-order valence-electron chi connectivity index (χ3n) is 6.99. The van der Waals surface area contributed by atoms with Crippen molar-refractivity contribution in [2.45, 2.75) is 78.6 Å². The Morgan fingerprint density at radius 2 is 1.39 bits per heavy atom. The molecule has 0 amide bonds. The van der Waals surface area contributed by atoms with Crippen LogP contribution in [0.5, 0.6) is 5.75 Å². The second-order valence-corrected chi connectivity index (χ2v) is 9.97. The zero-order valence-corrected chi connectivity index (χ0v) is 22.3. The molecular weight excluding hydrogens is 444 g/mol. The van der Waals surface area contributed by atoms with Crippen LogP contribution in [0.1, 0.15) is 88.1 Å². The molecule has 1 atom stereocenters. The number of unbranched alkanes of at least 4 members (excludes halogenated alkanes) is 6. The first-order valence-corrected chi connectivity index (χ1v) is 13.7. The highest BCUT2D eigenvalue weighted by atomic mass is 16.5. The quantitative estimate of drug-likeness (QED) is 0.218. The van der Waals surface area contributed by atoms with Gasteiger partial charge >= 0.3 is 5.97 Å². The molecular formula is C33H42O3. The number of carbonyl (C=O) groups is 1. The monoisotopic (exact) mass is 486 g/mol. The van der Waals surface area contributed by atoms with Crippen LogP contribution in [-0.4, -0.2) is 17.7 Å². The summed E-state index contributed by atoms with van der Waals surface area (Å²) in [5.41, 5.74) is 5.64. The number of rotatable bonds is 15. The predicted octanol–water partition coefficient (Wildman–Crippen LogP) is 9.44. The van der Waals surface area contributed by atoms with E-state index in [2.05, 4.69) is 57.2 Å². The lowest BCUT2D eigenvalue weighted by molar-refractivity contribution is 0.0697. The van der Waals surface area contributed by atoms with E-state index in [0.717, 1.165) is 53.9 Å². The van der Waals surface area contributed by atoms with Crippen molar-refractivity contribution in [2.24, 2.45) is 5.92 Å². The van der Waals surface area contributed by atoms with Gasteiger partial charge in [0.05, 0.1) is 12.2 Å². The van der Waals surface area contributed by atoms with Gasteiger partial charge in [0.25, 0.3) is 0 Å². The van der Waals surface area contributed by atoms with E-state index in [-0.39, 0.29) is 0 Å². The highest BCUT2D eigenvalue weighted by molar-refractivity contribution is 5.93. The van der Waals surface area contributed by atoms with E-state index < -0.39 is 5.97 Å². The first kappa shape index (κ1) is 27.5. The molecule has 0 aliphatic heterocycles. The fraction of sp³-hybridized carbons (Fsp3) is 0.424. The first-order chi connectivity index (χ1) is 17.5. The molecule has 0 fully saturated rings. The van der Waals surface area contributed by atoms with Gasteiger partial charge in [0.2, 0.25) is 0 Å². The smallest absolute Gasteiger partial charge is 0.335 e. The Morgan fingerprint density at radius 1 is 0.778 bits per heavy atom. The van der Waals surface area contributed by atoms with E-state index in [1.54, 1.807) is 12.1 Å². The molecule has 3 rings (SSSR count). The molecule has 3 aromatic rings. The van der Waals surface area contributed by atoms with Crippen molar-refractivity contribution in [2.75, 3.05) is 6.61 Å². The van der Waals surface area contributed by atoms with Gasteiger partial charge in [-0.05, 0) is 70.8 Å². The minimum atomic E-state index is -0.912.